The summed E-state index contributed by atoms with van der Waals surface area (Å²) in [5.41, 5.74) is 7.11. The molecule has 1 unspecified atom stereocenters. The van der Waals surface area contributed by atoms with Crippen LogP contribution < -0.4 is 11.1 Å². The van der Waals surface area contributed by atoms with E-state index in [1.54, 1.807) is 6.07 Å². The molecule has 0 bridgehead atoms. The van der Waals surface area contributed by atoms with Crippen molar-refractivity contribution in [1.82, 2.24) is 10.3 Å². The number of amides is 1. The van der Waals surface area contributed by atoms with Crippen molar-refractivity contribution in [3.8, 4) is 0 Å². The predicted octanol–water partition coefficient (Wildman–Crippen LogP) is 2.84. The highest BCUT2D eigenvalue weighted by atomic mass is 16.1. The first kappa shape index (κ1) is 14.3. The van der Waals surface area contributed by atoms with Gasteiger partial charge in [-0.3, -0.25) is 4.79 Å². The van der Waals surface area contributed by atoms with Crippen molar-refractivity contribution in [1.29, 1.82) is 0 Å². The summed E-state index contributed by atoms with van der Waals surface area (Å²) in [7, 11) is 0. The van der Waals surface area contributed by atoms with Crippen molar-refractivity contribution >= 4 is 22.6 Å². The number of fused-ring (bicyclic) bond motifs is 1. The van der Waals surface area contributed by atoms with Crippen molar-refractivity contribution < 1.29 is 4.79 Å². The van der Waals surface area contributed by atoms with Gasteiger partial charge in [-0.05, 0) is 24.0 Å². The van der Waals surface area contributed by atoms with Crippen LogP contribution >= 0.6 is 0 Å². The van der Waals surface area contributed by atoms with Crippen molar-refractivity contribution in [2.75, 3.05) is 12.3 Å². The zero-order chi connectivity index (χ0) is 14.7. The lowest BCUT2D eigenvalue weighted by Gasteiger charge is -2.16. The van der Waals surface area contributed by atoms with Crippen LogP contribution in [-0.4, -0.2) is 17.4 Å². The van der Waals surface area contributed by atoms with Gasteiger partial charge < -0.3 is 11.1 Å². The van der Waals surface area contributed by atoms with Gasteiger partial charge in [0.15, 0.2) is 0 Å². The van der Waals surface area contributed by atoms with Gasteiger partial charge in [-0.25, -0.2) is 4.98 Å². The molecule has 2 rings (SSSR count). The summed E-state index contributed by atoms with van der Waals surface area (Å²) in [6, 6.07) is 9.17. The van der Waals surface area contributed by atoms with Gasteiger partial charge in [0.1, 0.15) is 5.82 Å². The lowest BCUT2D eigenvalue weighted by atomic mass is 9.98. The van der Waals surface area contributed by atoms with E-state index in [0.29, 0.717) is 29.8 Å². The first-order chi connectivity index (χ1) is 9.49. The summed E-state index contributed by atoms with van der Waals surface area (Å²) in [5, 5.41) is 3.81. The monoisotopic (exact) mass is 271 g/mol. The first-order valence-corrected chi connectivity index (χ1v) is 6.92. The van der Waals surface area contributed by atoms with E-state index in [1.165, 1.54) is 0 Å². The lowest BCUT2D eigenvalue weighted by Crippen LogP contribution is -2.30. The largest absolute Gasteiger partial charge is 0.384 e. The Hall–Kier alpha value is -2.10. The van der Waals surface area contributed by atoms with E-state index in [9.17, 15) is 4.79 Å². The van der Waals surface area contributed by atoms with Crippen LogP contribution in [0.3, 0.4) is 0 Å². The van der Waals surface area contributed by atoms with Crippen molar-refractivity contribution in [2.24, 2.45) is 11.8 Å². The number of hydrogen-bond acceptors (Lipinski definition) is 3. The smallest absolute Gasteiger partial charge is 0.252 e. The molecule has 2 aromatic rings. The number of nitrogen functional groups attached to an aromatic ring is 1. The van der Waals surface area contributed by atoms with Crippen LogP contribution in [-0.2, 0) is 0 Å². The van der Waals surface area contributed by atoms with E-state index < -0.39 is 0 Å². The molecule has 4 nitrogen and oxygen atoms in total. The topological polar surface area (TPSA) is 68.0 Å². The minimum atomic E-state index is -0.0946. The first-order valence-electron chi connectivity index (χ1n) is 6.92. The summed E-state index contributed by atoms with van der Waals surface area (Å²) in [4.78, 5) is 16.6. The quantitative estimate of drug-likeness (QED) is 0.898. The van der Waals surface area contributed by atoms with Crippen LogP contribution in [0.2, 0.25) is 0 Å². The number of nitrogens with one attached hydrogen (secondary N) is 1. The average Bonchev–Trinajstić information content (AvgIpc) is 2.43. The summed E-state index contributed by atoms with van der Waals surface area (Å²) in [5.74, 6) is 1.24. The number of para-hydroxylation sites is 1. The van der Waals surface area contributed by atoms with Gasteiger partial charge in [0.05, 0.1) is 11.1 Å². The molecule has 4 heteroatoms. The van der Waals surface area contributed by atoms with E-state index in [4.69, 9.17) is 5.73 Å². The number of hydrogen-bond donors (Lipinski definition) is 2. The molecule has 1 atom stereocenters. The molecule has 1 amide bonds. The van der Waals surface area contributed by atoms with Gasteiger partial charge in [0.25, 0.3) is 5.91 Å². The maximum atomic E-state index is 12.3. The van der Waals surface area contributed by atoms with Crippen LogP contribution in [0.1, 0.15) is 31.1 Å². The number of aromatic nitrogens is 1. The molecule has 1 aromatic heterocycles. The Balaban J connectivity index is 2.26. The fourth-order valence-electron chi connectivity index (χ4n) is 1.97. The third kappa shape index (κ3) is 3.07. The zero-order valence-corrected chi connectivity index (χ0v) is 12.2. The van der Waals surface area contributed by atoms with E-state index in [2.05, 4.69) is 31.1 Å². The van der Waals surface area contributed by atoms with Gasteiger partial charge in [0.2, 0.25) is 0 Å². The number of carbonyl (C=O) groups excluding carboxylic acids is 1. The number of nitrogens with zero attached hydrogens (tertiary/aromatic N) is 1. The van der Waals surface area contributed by atoms with Crippen LogP contribution in [0, 0.1) is 11.8 Å². The molecule has 0 radical (unpaired) electrons. The maximum Gasteiger partial charge on any atom is 0.252 e. The Kier molecular flexibility index (Phi) is 4.23. The highest BCUT2D eigenvalue weighted by Gasteiger charge is 2.14. The number of pyridine rings is 1. The summed E-state index contributed by atoms with van der Waals surface area (Å²) >= 11 is 0. The van der Waals surface area contributed by atoms with Gasteiger partial charge in [-0.15, -0.1) is 0 Å². The normalized spacial score (nSPS) is 12.6. The Morgan fingerprint density at radius 2 is 2.00 bits per heavy atom. The molecular formula is C16H21N3O. The van der Waals surface area contributed by atoms with Crippen LogP contribution in [0.4, 0.5) is 5.82 Å². The van der Waals surface area contributed by atoms with Gasteiger partial charge in [-0.2, -0.15) is 0 Å². The molecule has 3 N–H and O–H groups in total. The standard InChI is InChI=1S/C16H21N3O/c1-10(2)11(3)9-18-16(20)13-8-15(17)19-14-7-5-4-6-12(13)14/h4-8,10-11H,9H2,1-3H3,(H2,17,19)(H,18,20). The molecular weight excluding hydrogens is 250 g/mol. The second kappa shape index (κ2) is 5.90. The third-order valence-electron chi connectivity index (χ3n) is 3.70. The van der Waals surface area contributed by atoms with Crippen LogP contribution in [0.5, 0.6) is 0 Å². The molecule has 20 heavy (non-hydrogen) atoms. The Labute approximate surface area is 119 Å². The van der Waals surface area contributed by atoms with Crippen molar-refractivity contribution in [2.45, 2.75) is 20.8 Å². The third-order valence-corrected chi connectivity index (χ3v) is 3.70. The average molecular weight is 271 g/mol. The molecule has 0 saturated carbocycles. The molecule has 106 valence electrons. The number of nitrogens with two attached hydrogens (primary N) is 1. The Morgan fingerprint density at radius 3 is 2.70 bits per heavy atom. The molecule has 1 aromatic carbocycles. The summed E-state index contributed by atoms with van der Waals surface area (Å²) in [6.45, 7) is 7.09. The maximum absolute atomic E-state index is 12.3. The SMILES string of the molecule is CC(C)C(C)CNC(=O)c1cc(N)nc2ccccc12. The van der Waals surface area contributed by atoms with E-state index in [-0.39, 0.29) is 5.91 Å². The minimum Gasteiger partial charge on any atom is -0.384 e. The fraction of sp³-hybridized carbons (Fsp3) is 0.375. The second-order valence-corrected chi connectivity index (χ2v) is 5.54. The summed E-state index contributed by atoms with van der Waals surface area (Å²) < 4.78 is 0. The van der Waals surface area contributed by atoms with E-state index >= 15 is 0 Å². The molecule has 0 fully saturated rings. The van der Waals surface area contributed by atoms with Crippen molar-refractivity contribution in [3.63, 3.8) is 0 Å². The second-order valence-electron chi connectivity index (χ2n) is 5.54. The highest BCUT2D eigenvalue weighted by Crippen LogP contribution is 2.19. The fourth-order valence-corrected chi connectivity index (χ4v) is 1.97. The van der Waals surface area contributed by atoms with Crippen LogP contribution in [0.15, 0.2) is 30.3 Å². The van der Waals surface area contributed by atoms with Gasteiger partial charge >= 0.3 is 0 Å². The van der Waals surface area contributed by atoms with Gasteiger partial charge in [0, 0.05) is 11.9 Å². The number of benzene rings is 1. The van der Waals surface area contributed by atoms with E-state index in [0.717, 1.165) is 10.9 Å². The lowest BCUT2D eigenvalue weighted by molar-refractivity contribution is 0.0946. The van der Waals surface area contributed by atoms with E-state index in [1.807, 2.05) is 24.3 Å². The molecule has 0 saturated heterocycles. The molecule has 0 aliphatic carbocycles. The molecule has 0 aliphatic rings. The molecule has 0 spiro atoms. The van der Waals surface area contributed by atoms with Gasteiger partial charge in [-0.1, -0.05) is 39.0 Å². The Morgan fingerprint density at radius 1 is 1.30 bits per heavy atom. The predicted molar refractivity (Wildman–Crippen MR) is 82.5 cm³/mol. The summed E-state index contributed by atoms with van der Waals surface area (Å²) in [6.07, 6.45) is 0. The van der Waals surface area contributed by atoms with Crippen LogP contribution in [0.25, 0.3) is 10.9 Å². The van der Waals surface area contributed by atoms with Crippen molar-refractivity contribution in [3.05, 3.63) is 35.9 Å². The Bertz CT molecular complexity index is 622. The zero-order valence-electron chi connectivity index (χ0n) is 12.2. The molecule has 1 heterocycles. The number of anilines is 1. The number of carbonyl (C=O) groups is 1. The highest BCUT2D eigenvalue weighted by molar-refractivity contribution is 6.06. The minimum absolute atomic E-state index is 0.0946. The molecule has 0 aliphatic heterocycles. The number of rotatable bonds is 4.